The van der Waals surface area contributed by atoms with Crippen molar-refractivity contribution in [3.8, 4) is 16.9 Å². The average molecular weight is 302 g/mol. The third-order valence-corrected chi connectivity index (χ3v) is 4.25. The molecule has 0 radical (unpaired) electrons. The molecule has 0 aromatic heterocycles. The van der Waals surface area contributed by atoms with E-state index in [0.717, 1.165) is 16.3 Å². The molecule has 23 heavy (non-hydrogen) atoms. The molecule has 4 aromatic rings. The number of benzene rings is 4. The van der Waals surface area contributed by atoms with Gasteiger partial charge in [-0.25, -0.2) is 4.39 Å². The zero-order chi connectivity index (χ0) is 15.8. The van der Waals surface area contributed by atoms with Crippen LogP contribution in [0.3, 0.4) is 0 Å². The molecule has 0 aliphatic heterocycles. The Morgan fingerprint density at radius 1 is 0.696 bits per heavy atom. The SMILES string of the molecule is COc1cccc(F)c1-c1cccc2c1ccc1ccccc12. The van der Waals surface area contributed by atoms with Crippen molar-refractivity contribution < 1.29 is 9.13 Å². The predicted molar refractivity (Wildman–Crippen MR) is 93.4 cm³/mol. The van der Waals surface area contributed by atoms with Crippen LogP contribution >= 0.6 is 0 Å². The molecule has 4 rings (SSSR count). The molecule has 1 nitrogen and oxygen atoms in total. The van der Waals surface area contributed by atoms with Gasteiger partial charge in [-0.2, -0.15) is 0 Å². The predicted octanol–water partition coefficient (Wildman–Crippen LogP) is 5.81. The second kappa shape index (κ2) is 5.40. The fourth-order valence-corrected chi connectivity index (χ4v) is 3.19. The van der Waals surface area contributed by atoms with Crippen LogP contribution in [0.4, 0.5) is 4.39 Å². The maximum absolute atomic E-state index is 14.5. The summed E-state index contributed by atoms with van der Waals surface area (Å²) in [5.74, 6) is 0.274. The molecule has 0 spiro atoms. The van der Waals surface area contributed by atoms with E-state index in [1.54, 1.807) is 19.2 Å². The van der Waals surface area contributed by atoms with Gasteiger partial charge in [0, 0.05) is 0 Å². The first-order chi connectivity index (χ1) is 11.3. The van der Waals surface area contributed by atoms with Gasteiger partial charge in [0.1, 0.15) is 11.6 Å². The fourth-order valence-electron chi connectivity index (χ4n) is 3.19. The van der Waals surface area contributed by atoms with Gasteiger partial charge < -0.3 is 4.74 Å². The smallest absolute Gasteiger partial charge is 0.134 e. The third kappa shape index (κ3) is 2.15. The number of ether oxygens (including phenoxy) is 1. The summed E-state index contributed by atoms with van der Waals surface area (Å²) in [4.78, 5) is 0. The third-order valence-electron chi connectivity index (χ3n) is 4.25. The van der Waals surface area contributed by atoms with Crippen molar-refractivity contribution in [3.63, 3.8) is 0 Å². The Morgan fingerprint density at radius 2 is 1.48 bits per heavy atom. The van der Waals surface area contributed by atoms with Crippen molar-refractivity contribution in [1.82, 2.24) is 0 Å². The Kier molecular flexibility index (Phi) is 3.23. The highest BCUT2D eigenvalue weighted by Crippen LogP contribution is 2.38. The standard InChI is InChI=1S/C21H15FO/c1-23-20-11-5-10-19(22)21(20)18-9-4-8-16-15-7-3-2-6-14(15)12-13-17(16)18/h2-13H,1H3. The summed E-state index contributed by atoms with van der Waals surface area (Å²) in [6.07, 6.45) is 0. The lowest BCUT2D eigenvalue weighted by molar-refractivity contribution is 0.413. The number of hydrogen-bond acceptors (Lipinski definition) is 1. The Bertz CT molecular complexity index is 1020. The summed E-state index contributed by atoms with van der Waals surface area (Å²) in [6.45, 7) is 0. The van der Waals surface area contributed by atoms with Crippen LogP contribution in [-0.2, 0) is 0 Å². The monoisotopic (exact) mass is 302 g/mol. The molecular weight excluding hydrogens is 287 g/mol. The molecule has 4 aromatic carbocycles. The lowest BCUT2D eigenvalue weighted by atomic mass is 9.94. The summed E-state index contributed by atoms with van der Waals surface area (Å²) in [5.41, 5.74) is 1.36. The van der Waals surface area contributed by atoms with Gasteiger partial charge in [0.05, 0.1) is 12.7 Å². The van der Waals surface area contributed by atoms with Crippen LogP contribution in [-0.4, -0.2) is 7.11 Å². The highest BCUT2D eigenvalue weighted by Gasteiger charge is 2.14. The van der Waals surface area contributed by atoms with Crippen LogP contribution in [0.25, 0.3) is 32.7 Å². The minimum absolute atomic E-state index is 0.273. The van der Waals surface area contributed by atoms with Crippen LogP contribution in [0.2, 0.25) is 0 Å². The summed E-state index contributed by atoms with van der Waals surface area (Å²) < 4.78 is 19.9. The Balaban J connectivity index is 2.12. The van der Waals surface area contributed by atoms with Gasteiger partial charge in [-0.3, -0.25) is 0 Å². The van der Waals surface area contributed by atoms with Crippen molar-refractivity contribution in [2.75, 3.05) is 7.11 Å². The number of methoxy groups -OCH3 is 1. The first-order valence-electron chi connectivity index (χ1n) is 7.53. The molecule has 0 saturated heterocycles. The maximum atomic E-state index is 14.5. The number of halogens is 1. The van der Waals surface area contributed by atoms with Gasteiger partial charge in [0.25, 0.3) is 0 Å². The summed E-state index contributed by atoms with van der Waals surface area (Å²) in [5, 5.41) is 4.49. The van der Waals surface area contributed by atoms with E-state index in [4.69, 9.17) is 4.74 Å². The summed E-state index contributed by atoms with van der Waals surface area (Å²) >= 11 is 0. The molecule has 0 atom stereocenters. The highest BCUT2D eigenvalue weighted by molar-refractivity contribution is 6.12. The van der Waals surface area contributed by atoms with Gasteiger partial charge in [-0.1, -0.05) is 60.7 Å². The van der Waals surface area contributed by atoms with Crippen molar-refractivity contribution in [2.24, 2.45) is 0 Å². The molecule has 0 amide bonds. The van der Waals surface area contributed by atoms with E-state index in [1.165, 1.54) is 16.8 Å². The molecular formula is C21H15FO. The van der Waals surface area contributed by atoms with Gasteiger partial charge in [0.15, 0.2) is 0 Å². The van der Waals surface area contributed by atoms with Crippen LogP contribution in [0.1, 0.15) is 0 Å². The van der Waals surface area contributed by atoms with Gasteiger partial charge >= 0.3 is 0 Å². The topological polar surface area (TPSA) is 9.23 Å². The first-order valence-corrected chi connectivity index (χ1v) is 7.53. The molecule has 0 N–H and O–H groups in total. The molecule has 0 aliphatic rings. The Hall–Kier alpha value is -2.87. The summed E-state index contributed by atoms with van der Waals surface area (Å²) in [7, 11) is 1.57. The van der Waals surface area contributed by atoms with Crippen LogP contribution in [0, 0.1) is 5.82 Å². The van der Waals surface area contributed by atoms with E-state index in [-0.39, 0.29) is 5.82 Å². The molecule has 0 saturated carbocycles. The molecule has 0 aliphatic carbocycles. The van der Waals surface area contributed by atoms with Crippen LogP contribution in [0.15, 0.2) is 72.8 Å². The zero-order valence-electron chi connectivity index (χ0n) is 12.7. The average Bonchev–Trinajstić information content (AvgIpc) is 2.61. The van der Waals surface area contributed by atoms with Crippen molar-refractivity contribution in [1.29, 1.82) is 0 Å². The number of rotatable bonds is 2. The van der Waals surface area contributed by atoms with Gasteiger partial charge in [-0.05, 0) is 39.2 Å². The number of fused-ring (bicyclic) bond motifs is 3. The van der Waals surface area contributed by atoms with E-state index < -0.39 is 0 Å². The minimum atomic E-state index is -0.273. The Labute approximate surface area is 133 Å². The van der Waals surface area contributed by atoms with Crippen molar-refractivity contribution in [2.45, 2.75) is 0 Å². The Morgan fingerprint density at radius 3 is 2.35 bits per heavy atom. The minimum Gasteiger partial charge on any atom is -0.496 e. The second-order valence-electron chi connectivity index (χ2n) is 5.50. The molecule has 112 valence electrons. The molecule has 0 heterocycles. The van der Waals surface area contributed by atoms with E-state index >= 15 is 0 Å². The van der Waals surface area contributed by atoms with Gasteiger partial charge in [0.2, 0.25) is 0 Å². The van der Waals surface area contributed by atoms with E-state index in [9.17, 15) is 4.39 Å². The summed E-state index contributed by atoms with van der Waals surface area (Å²) in [6, 6.07) is 23.3. The number of hydrogen-bond donors (Lipinski definition) is 0. The molecule has 2 heteroatoms. The fraction of sp³-hybridized carbons (Fsp3) is 0.0476. The lowest BCUT2D eigenvalue weighted by Crippen LogP contribution is -1.92. The molecule has 0 bridgehead atoms. The van der Waals surface area contributed by atoms with E-state index in [0.29, 0.717) is 11.3 Å². The maximum Gasteiger partial charge on any atom is 0.134 e. The first kappa shape index (κ1) is 13.8. The second-order valence-corrected chi connectivity index (χ2v) is 5.50. The lowest BCUT2D eigenvalue weighted by Gasteiger charge is -2.13. The van der Waals surface area contributed by atoms with E-state index in [1.807, 2.05) is 24.3 Å². The van der Waals surface area contributed by atoms with Crippen LogP contribution in [0.5, 0.6) is 5.75 Å². The quantitative estimate of drug-likeness (QED) is 0.425. The highest BCUT2D eigenvalue weighted by atomic mass is 19.1. The van der Waals surface area contributed by atoms with Gasteiger partial charge in [-0.15, -0.1) is 0 Å². The van der Waals surface area contributed by atoms with E-state index in [2.05, 4.69) is 30.3 Å². The zero-order valence-corrected chi connectivity index (χ0v) is 12.7. The van der Waals surface area contributed by atoms with Crippen LogP contribution < -0.4 is 4.74 Å². The normalized spacial score (nSPS) is 11.0. The molecule has 0 unspecified atom stereocenters. The largest absolute Gasteiger partial charge is 0.496 e. The van der Waals surface area contributed by atoms with Crippen molar-refractivity contribution >= 4 is 21.5 Å². The molecule has 0 fully saturated rings. The van der Waals surface area contributed by atoms with Crippen molar-refractivity contribution in [3.05, 3.63) is 78.6 Å².